The van der Waals surface area contributed by atoms with Crippen molar-refractivity contribution in [1.82, 2.24) is 34.7 Å². The number of aliphatic hydroxyl groups excluding tert-OH is 1. The van der Waals surface area contributed by atoms with E-state index in [2.05, 4.69) is 25.3 Å². The molecule has 0 radical (unpaired) electrons. The van der Waals surface area contributed by atoms with E-state index in [-0.39, 0.29) is 47.5 Å². The van der Waals surface area contributed by atoms with Gasteiger partial charge in [-0.1, -0.05) is 0 Å². The minimum atomic E-state index is -4.54. The van der Waals surface area contributed by atoms with Crippen molar-refractivity contribution in [2.24, 2.45) is 0 Å². The summed E-state index contributed by atoms with van der Waals surface area (Å²) in [4.78, 5) is 34.1. The highest BCUT2D eigenvalue weighted by molar-refractivity contribution is 5.90. The van der Waals surface area contributed by atoms with Crippen LogP contribution in [0.5, 0.6) is 0 Å². The standard InChI is InChI=1S/C18H12F3N7O4/c19-18(20,21)8-1-2-11(22-4-8)12-3-13(30)28-14(24-12)10(5-23-28)15-25-26-16(32-15)17(31)27-6-9(29)7-27/h1-5,9,23,29H,6-7H2. The number of aliphatic hydroxyl groups is 1. The van der Waals surface area contributed by atoms with Crippen molar-refractivity contribution in [2.45, 2.75) is 12.3 Å². The van der Waals surface area contributed by atoms with E-state index in [1.54, 1.807) is 0 Å². The van der Waals surface area contributed by atoms with E-state index in [0.717, 1.165) is 22.7 Å². The number of rotatable bonds is 3. The number of β-amino-alcohol motifs (C(OH)–C–C–N with tert-alkyl or cyclic N) is 1. The molecule has 0 aromatic carbocycles. The van der Waals surface area contributed by atoms with Gasteiger partial charge in [-0.25, -0.2) is 9.50 Å². The molecule has 1 fully saturated rings. The molecule has 32 heavy (non-hydrogen) atoms. The van der Waals surface area contributed by atoms with E-state index in [1.807, 2.05) is 0 Å². The lowest BCUT2D eigenvalue weighted by Gasteiger charge is -2.34. The molecule has 1 aliphatic rings. The number of H-pyrrole nitrogens is 1. The molecule has 1 aliphatic heterocycles. The van der Waals surface area contributed by atoms with Gasteiger partial charge in [0.15, 0.2) is 5.65 Å². The lowest BCUT2D eigenvalue weighted by molar-refractivity contribution is -0.137. The third-order valence-electron chi connectivity index (χ3n) is 4.84. The van der Waals surface area contributed by atoms with Crippen LogP contribution in [0.25, 0.3) is 28.5 Å². The van der Waals surface area contributed by atoms with E-state index in [4.69, 9.17) is 4.42 Å². The molecule has 0 unspecified atom stereocenters. The quantitative estimate of drug-likeness (QED) is 0.473. The zero-order chi connectivity index (χ0) is 22.6. The monoisotopic (exact) mass is 447 g/mol. The van der Waals surface area contributed by atoms with Crippen LogP contribution in [0.4, 0.5) is 13.2 Å². The second kappa shape index (κ2) is 6.98. The van der Waals surface area contributed by atoms with Gasteiger partial charge in [0, 0.05) is 31.5 Å². The first-order valence-corrected chi connectivity index (χ1v) is 9.17. The minimum Gasteiger partial charge on any atom is -0.412 e. The zero-order valence-corrected chi connectivity index (χ0v) is 15.9. The normalized spacial score (nSPS) is 14.7. The summed E-state index contributed by atoms with van der Waals surface area (Å²) < 4.78 is 44.8. The number of amides is 1. The molecule has 0 aliphatic carbocycles. The minimum absolute atomic E-state index is 0.0370. The summed E-state index contributed by atoms with van der Waals surface area (Å²) in [6, 6.07) is 3.06. The van der Waals surface area contributed by atoms with Crippen molar-refractivity contribution < 1.29 is 27.5 Å². The molecule has 2 N–H and O–H groups in total. The Morgan fingerprint density at radius 2 is 2.00 bits per heavy atom. The molecule has 11 nitrogen and oxygen atoms in total. The molecule has 0 saturated carbocycles. The zero-order valence-electron chi connectivity index (χ0n) is 15.9. The van der Waals surface area contributed by atoms with Gasteiger partial charge in [0.1, 0.15) is 5.56 Å². The Morgan fingerprint density at radius 1 is 1.22 bits per heavy atom. The predicted molar refractivity (Wildman–Crippen MR) is 99.2 cm³/mol. The number of carbonyl (C=O) groups is 1. The third kappa shape index (κ3) is 3.30. The Morgan fingerprint density at radius 3 is 2.66 bits per heavy atom. The van der Waals surface area contributed by atoms with Gasteiger partial charge < -0.3 is 14.4 Å². The highest BCUT2D eigenvalue weighted by Crippen LogP contribution is 2.30. The number of fused-ring (bicyclic) bond motifs is 1. The molecular weight excluding hydrogens is 435 g/mol. The SMILES string of the molecule is O=C(c1nnc(-c2c[nH]n3c(=O)cc(-c4ccc(C(F)(F)F)cn4)nc23)o1)N1CC(O)C1. The predicted octanol–water partition coefficient (Wildman–Crippen LogP) is 0.970. The van der Waals surface area contributed by atoms with Gasteiger partial charge in [0.05, 0.1) is 23.1 Å². The maximum absolute atomic E-state index is 12.8. The average molecular weight is 447 g/mol. The van der Waals surface area contributed by atoms with Crippen molar-refractivity contribution in [3.05, 3.63) is 52.4 Å². The number of likely N-dealkylation sites (tertiary alicyclic amines) is 1. The topological polar surface area (TPSA) is 143 Å². The summed E-state index contributed by atoms with van der Waals surface area (Å²) in [6.45, 7) is 0.314. The first kappa shape index (κ1) is 19.9. The molecule has 5 rings (SSSR count). The van der Waals surface area contributed by atoms with Gasteiger partial charge in [-0.2, -0.15) is 13.2 Å². The second-order valence-electron chi connectivity index (χ2n) is 7.03. The van der Waals surface area contributed by atoms with Crippen LogP contribution >= 0.6 is 0 Å². The number of hydrogen-bond donors (Lipinski definition) is 2. The number of nitrogens with zero attached hydrogens (tertiary/aromatic N) is 6. The molecule has 0 atom stereocenters. The average Bonchev–Trinajstić information content (AvgIpc) is 3.37. The van der Waals surface area contributed by atoms with Gasteiger partial charge in [-0.15, -0.1) is 10.2 Å². The summed E-state index contributed by atoms with van der Waals surface area (Å²) in [5.41, 5.74) is -1.14. The number of alkyl halides is 3. The Labute approximate surface area is 175 Å². The van der Waals surface area contributed by atoms with Crippen molar-refractivity contribution in [3.63, 3.8) is 0 Å². The third-order valence-corrected chi connectivity index (χ3v) is 4.84. The highest BCUT2D eigenvalue weighted by atomic mass is 19.4. The molecule has 164 valence electrons. The van der Waals surface area contributed by atoms with Crippen LogP contribution in [-0.4, -0.2) is 64.9 Å². The Kier molecular flexibility index (Phi) is 4.33. The van der Waals surface area contributed by atoms with Crippen molar-refractivity contribution in [3.8, 4) is 22.8 Å². The van der Waals surface area contributed by atoms with Crippen LogP contribution < -0.4 is 5.56 Å². The first-order valence-electron chi connectivity index (χ1n) is 9.17. The molecule has 4 aromatic heterocycles. The van der Waals surface area contributed by atoms with Crippen molar-refractivity contribution in [2.75, 3.05) is 13.1 Å². The number of aromatic amines is 1. The van der Waals surface area contributed by atoms with E-state index in [9.17, 15) is 27.9 Å². The summed E-state index contributed by atoms with van der Waals surface area (Å²) in [7, 11) is 0. The summed E-state index contributed by atoms with van der Waals surface area (Å²) in [5, 5.41) is 19.5. The van der Waals surface area contributed by atoms with Crippen LogP contribution in [0, 0.1) is 0 Å². The van der Waals surface area contributed by atoms with Gasteiger partial charge in [0.2, 0.25) is 0 Å². The molecule has 14 heteroatoms. The Hall–Kier alpha value is -4.07. The van der Waals surface area contributed by atoms with Crippen LogP contribution in [-0.2, 0) is 6.18 Å². The van der Waals surface area contributed by atoms with E-state index in [1.165, 1.54) is 11.1 Å². The molecule has 0 spiro atoms. The van der Waals surface area contributed by atoms with Gasteiger partial charge in [0.25, 0.3) is 11.4 Å². The van der Waals surface area contributed by atoms with Crippen LogP contribution in [0.1, 0.15) is 16.2 Å². The maximum atomic E-state index is 12.8. The first-order chi connectivity index (χ1) is 15.2. The summed E-state index contributed by atoms with van der Waals surface area (Å²) >= 11 is 0. The molecule has 0 bridgehead atoms. The van der Waals surface area contributed by atoms with Crippen molar-refractivity contribution >= 4 is 11.6 Å². The summed E-state index contributed by atoms with van der Waals surface area (Å²) in [6.07, 6.45) is -3.12. The van der Waals surface area contributed by atoms with E-state index >= 15 is 0 Å². The number of hydrogen-bond acceptors (Lipinski definition) is 8. The highest BCUT2D eigenvalue weighted by Gasteiger charge is 2.33. The number of carbonyl (C=O) groups excluding carboxylic acids is 1. The Balaban J connectivity index is 1.51. The smallest absolute Gasteiger partial charge is 0.412 e. The van der Waals surface area contributed by atoms with Gasteiger partial charge in [-0.05, 0) is 12.1 Å². The fourth-order valence-corrected chi connectivity index (χ4v) is 3.16. The largest absolute Gasteiger partial charge is 0.417 e. The van der Waals surface area contributed by atoms with Crippen molar-refractivity contribution in [1.29, 1.82) is 0 Å². The van der Waals surface area contributed by atoms with Gasteiger partial charge >= 0.3 is 18.0 Å². The van der Waals surface area contributed by atoms with Crippen LogP contribution in [0.15, 0.2) is 39.8 Å². The molecule has 4 aromatic rings. The fourth-order valence-electron chi connectivity index (χ4n) is 3.16. The Bertz CT molecular complexity index is 1380. The van der Waals surface area contributed by atoms with E-state index < -0.39 is 29.3 Å². The number of aromatic nitrogens is 6. The molecular formula is C18H12F3N7O4. The van der Waals surface area contributed by atoms with Crippen LogP contribution in [0.3, 0.4) is 0 Å². The van der Waals surface area contributed by atoms with E-state index in [0.29, 0.717) is 6.20 Å². The summed E-state index contributed by atoms with van der Waals surface area (Å²) in [5.74, 6) is -0.944. The lowest BCUT2D eigenvalue weighted by Crippen LogP contribution is -2.53. The number of halogens is 3. The number of nitrogens with one attached hydrogen (secondary N) is 1. The molecule has 1 amide bonds. The van der Waals surface area contributed by atoms with Gasteiger partial charge in [-0.3, -0.25) is 19.7 Å². The lowest BCUT2D eigenvalue weighted by atomic mass is 10.2. The number of pyridine rings is 1. The fraction of sp³-hybridized carbons (Fsp3) is 0.222. The van der Waals surface area contributed by atoms with Crippen LogP contribution in [0.2, 0.25) is 0 Å². The second-order valence-corrected chi connectivity index (χ2v) is 7.03. The molecule has 1 saturated heterocycles. The molecule has 5 heterocycles. The maximum Gasteiger partial charge on any atom is 0.417 e.